The average Bonchev–Trinajstić information content (AvgIpc) is 2.75. The van der Waals surface area contributed by atoms with Gasteiger partial charge in [0.1, 0.15) is 6.10 Å². The Hall–Kier alpha value is -1.75. The Kier molecular flexibility index (Phi) is 3.30. The Morgan fingerprint density at radius 2 is 1.75 bits per heavy atom. The highest BCUT2D eigenvalue weighted by Gasteiger charge is 2.14. The predicted octanol–water partition coefficient (Wildman–Crippen LogP) is 3.51. The van der Waals surface area contributed by atoms with Crippen molar-refractivity contribution in [1.29, 1.82) is 0 Å². The lowest BCUT2D eigenvalue weighted by atomic mass is 10.0. The zero-order valence-corrected chi connectivity index (χ0v) is 11.6. The molecule has 1 aromatic heterocycles. The molecule has 2 N–H and O–H groups in total. The quantitative estimate of drug-likeness (QED) is 0.761. The minimum Gasteiger partial charge on any atom is -0.408 e. The molecule has 0 saturated carbocycles. The number of hydrogen-bond acceptors (Lipinski definition) is 3. The molecule has 4 nitrogen and oxygen atoms in total. The third-order valence-electron chi connectivity index (χ3n) is 2.96. The van der Waals surface area contributed by atoms with Gasteiger partial charge in [0.25, 0.3) is 0 Å². The number of halogens is 2. The monoisotopic (exact) mass is 309 g/mol. The molecule has 3 rings (SSSR count). The number of oxazole rings is 1. The molecule has 0 fully saturated rings. The lowest BCUT2D eigenvalue weighted by Crippen LogP contribution is -1.99. The molecule has 0 aliphatic rings. The van der Waals surface area contributed by atoms with E-state index in [1.165, 1.54) is 0 Å². The van der Waals surface area contributed by atoms with E-state index in [1.54, 1.807) is 36.4 Å². The number of H-pyrrole nitrogens is 1. The molecule has 0 spiro atoms. The van der Waals surface area contributed by atoms with E-state index in [0.29, 0.717) is 32.3 Å². The Morgan fingerprint density at radius 1 is 1.05 bits per heavy atom. The first-order chi connectivity index (χ1) is 9.52. The van der Waals surface area contributed by atoms with E-state index in [-0.39, 0.29) is 0 Å². The Morgan fingerprint density at radius 3 is 2.45 bits per heavy atom. The highest BCUT2D eigenvalue weighted by atomic mass is 35.5. The van der Waals surface area contributed by atoms with Gasteiger partial charge in [-0.05, 0) is 41.5 Å². The van der Waals surface area contributed by atoms with Crippen LogP contribution >= 0.6 is 23.2 Å². The van der Waals surface area contributed by atoms with Crippen molar-refractivity contribution >= 4 is 34.3 Å². The van der Waals surface area contributed by atoms with Gasteiger partial charge in [-0.2, -0.15) is 0 Å². The fraction of sp³-hybridized carbons (Fsp3) is 0.0714. The molecule has 2 aromatic carbocycles. The van der Waals surface area contributed by atoms with Crippen LogP contribution in [0.15, 0.2) is 45.6 Å². The second kappa shape index (κ2) is 4.98. The van der Waals surface area contributed by atoms with E-state index >= 15 is 0 Å². The number of fused-ring (bicyclic) bond motifs is 1. The van der Waals surface area contributed by atoms with E-state index < -0.39 is 11.9 Å². The molecule has 6 heteroatoms. The normalized spacial score (nSPS) is 12.8. The summed E-state index contributed by atoms with van der Waals surface area (Å²) in [5.74, 6) is -0.530. The maximum absolute atomic E-state index is 11.1. The summed E-state index contributed by atoms with van der Waals surface area (Å²) >= 11 is 11.8. The minimum atomic E-state index is -0.907. The van der Waals surface area contributed by atoms with E-state index in [2.05, 4.69) is 4.98 Å². The van der Waals surface area contributed by atoms with Crippen molar-refractivity contribution in [2.45, 2.75) is 6.10 Å². The number of aromatic amines is 1. The molecule has 0 saturated heterocycles. The van der Waals surface area contributed by atoms with Crippen molar-refractivity contribution in [3.8, 4) is 0 Å². The number of aliphatic hydroxyl groups excluding tert-OH is 1. The third-order valence-corrected chi connectivity index (χ3v) is 3.40. The summed E-state index contributed by atoms with van der Waals surface area (Å²) in [5.41, 5.74) is 2.12. The summed E-state index contributed by atoms with van der Waals surface area (Å²) in [7, 11) is 0. The number of nitrogens with one attached hydrogen (secondary N) is 1. The fourth-order valence-corrected chi connectivity index (χ4v) is 2.60. The summed E-state index contributed by atoms with van der Waals surface area (Å²) in [6.07, 6.45) is -0.907. The molecule has 0 amide bonds. The molecule has 3 aromatic rings. The van der Waals surface area contributed by atoms with Crippen LogP contribution in [0.2, 0.25) is 10.0 Å². The van der Waals surface area contributed by atoms with Crippen LogP contribution in [0.3, 0.4) is 0 Å². The van der Waals surface area contributed by atoms with Crippen LogP contribution in [0.5, 0.6) is 0 Å². The molecule has 0 radical (unpaired) electrons. The van der Waals surface area contributed by atoms with Gasteiger partial charge < -0.3 is 9.52 Å². The summed E-state index contributed by atoms with van der Waals surface area (Å²) < 4.78 is 4.97. The van der Waals surface area contributed by atoms with Gasteiger partial charge in [0.15, 0.2) is 5.58 Å². The van der Waals surface area contributed by atoms with Crippen LogP contribution < -0.4 is 5.76 Å². The van der Waals surface area contributed by atoms with Gasteiger partial charge in [0.2, 0.25) is 0 Å². The second-order valence-electron chi connectivity index (χ2n) is 4.38. The third kappa shape index (κ3) is 2.45. The van der Waals surface area contributed by atoms with Crippen LogP contribution in [0, 0.1) is 0 Å². The maximum atomic E-state index is 11.1. The molecule has 0 bridgehead atoms. The molecular weight excluding hydrogens is 301 g/mol. The topological polar surface area (TPSA) is 66.2 Å². The lowest BCUT2D eigenvalue weighted by Gasteiger charge is -2.12. The molecule has 0 aliphatic heterocycles. The molecule has 1 heterocycles. The van der Waals surface area contributed by atoms with Crippen molar-refractivity contribution in [3.05, 3.63) is 68.1 Å². The summed E-state index contributed by atoms with van der Waals surface area (Å²) in [4.78, 5) is 13.6. The standard InChI is InChI=1S/C14H9Cl2NO3/c15-9-3-8(4-10(16)6-9)13(18)7-1-2-11-12(5-7)20-14(19)17-11/h1-6,13,18H,(H,17,19). The van der Waals surface area contributed by atoms with Gasteiger partial charge in [0.05, 0.1) is 5.52 Å². The largest absolute Gasteiger partial charge is 0.417 e. The van der Waals surface area contributed by atoms with Crippen LogP contribution in [0.4, 0.5) is 0 Å². The van der Waals surface area contributed by atoms with Crippen molar-refractivity contribution in [1.82, 2.24) is 4.98 Å². The van der Waals surface area contributed by atoms with Crippen LogP contribution in [-0.2, 0) is 0 Å². The van der Waals surface area contributed by atoms with Crippen molar-refractivity contribution in [2.24, 2.45) is 0 Å². The maximum Gasteiger partial charge on any atom is 0.417 e. The lowest BCUT2D eigenvalue weighted by molar-refractivity contribution is 0.220. The summed E-state index contributed by atoms with van der Waals surface area (Å²) in [6, 6.07) is 9.84. The van der Waals surface area contributed by atoms with E-state index in [9.17, 15) is 9.90 Å². The molecule has 0 aliphatic carbocycles. The first kappa shape index (κ1) is 13.2. The first-order valence-electron chi connectivity index (χ1n) is 5.80. The number of hydrogen-bond donors (Lipinski definition) is 2. The Balaban J connectivity index is 2.06. The molecule has 20 heavy (non-hydrogen) atoms. The van der Waals surface area contributed by atoms with Crippen LogP contribution in [0.1, 0.15) is 17.2 Å². The van der Waals surface area contributed by atoms with Crippen molar-refractivity contribution in [3.63, 3.8) is 0 Å². The number of rotatable bonds is 2. The van der Waals surface area contributed by atoms with Gasteiger partial charge in [-0.15, -0.1) is 0 Å². The highest BCUT2D eigenvalue weighted by Crippen LogP contribution is 2.28. The second-order valence-corrected chi connectivity index (χ2v) is 5.25. The number of aromatic nitrogens is 1. The van der Waals surface area contributed by atoms with Gasteiger partial charge in [-0.1, -0.05) is 29.3 Å². The van der Waals surface area contributed by atoms with Gasteiger partial charge in [0, 0.05) is 10.0 Å². The van der Waals surface area contributed by atoms with Crippen molar-refractivity contribution < 1.29 is 9.52 Å². The SMILES string of the molecule is O=c1[nH]c2ccc(C(O)c3cc(Cl)cc(Cl)c3)cc2o1. The highest BCUT2D eigenvalue weighted by molar-refractivity contribution is 6.34. The smallest absolute Gasteiger partial charge is 0.408 e. The fourth-order valence-electron chi connectivity index (χ4n) is 2.06. The summed E-state index contributed by atoms with van der Waals surface area (Å²) in [6.45, 7) is 0. The van der Waals surface area contributed by atoms with E-state index in [1.807, 2.05) is 0 Å². The molecule has 1 atom stereocenters. The zero-order chi connectivity index (χ0) is 14.3. The van der Waals surface area contributed by atoms with Gasteiger partial charge in [-0.25, -0.2) is 4.79 Å². The minimum absolute atomic E-state index is 0.389. The summed E-state index contributed by atoms with van der Waals surface area (Å²) in [5, 5.41) is 11.3. The average molecular weight is 310 g/mol. The first-order valence-corrected chi connectivity index (χ1v) is 6.55. The van der Waals surface area contributed by atoms with Gasteiger partial charge in [-0.3, -0.25) is 4.98 Å². The Bertz CT molecular complexity index is 818. The molecule has 1 unspecified atom stereocenters. The van der Waals surface area contributed by atoms with E-state index in [0.717, 1.165) is 0 Å². The van der Waals surface area contributed by atoms with Gasteiger partial charge >= 0.3 is 5.76 Å². The Labute approximate surface area is 123 Å². The number of aliphatic hydroxyl groups is 1. The molecular formula is C14H9Cl2NO3. The molecule has 102 valence electrons. The predicted molar refractivity (Wildman–Crippen MR) is 77.4 cm³/mol. The number of benzene rings is 2. The zero-order valence-electron chi connectivity index (χ0n) is 10.1. The van der Waals surface area contributed by atoms with Crippen LogP contribution in [0.25, 0.3) is 11.1 Å². The van der Waals surface area contributed by atoms with E-state index in [4.69, 9.17) is 27.6 Å². The van der Waals surface area contributed by atoms with Crippen LogP contribution in [-0.4, -0.2) is 10.1 Å². The van der Waals surface area contributed by atoms with Crippen molar-refractivity contribution in [2.75, 3.05) is 0 Å².